The van der Waals surface area contributed by atoms with Gasteiger partial charge in [-0.3, -0.25) is 0 Å². The van der Waals surface area contributed by atoms with Gasteiger partial charge in [0.2, 0.25) is 11.9 Å². The van der Waals surface area contributed by atoms with E-state index in [1.54, 1.807) is 0 Å². The summed E-state index contributed by atoms with van der Waals surface area (Å²) in [5, 5.41) is 0. The fourth-order valence-electron chi connectivity index (χ4n) is 2.53. The highest BCUT2D eigenvalue weighted by Crippen LogP contribution is 2.12. The molecule has 0 saturated carbocycles. The minimum atomic E-state index is 0.212. The number of nitrogens with two attached hydrogens (primary N) is 2. The third-order valence-electron chi connectivity index (χ3n) is 3.83. The lowest BCUT2D eigenvalue weighted by atomic mass is 10.1. The Morgan fingerprint density at radius 1 is 0.750 bits per heavy atom. The Morgan fingerprint density at radius 3 is 1.88 bits per heavy atom. The van der Waals surface area contributed by atoms with Crippen molar-refractivity contribution in [1.82, 2.24) is 19.9 Å². The Kier molecular flexibility index (Phi) is 11.6. The Morgan fingerprint density at radius 2 is 1.29 bits per heavy atom. The molecule has 1 heterocycles. The Hall–Kier alpha value is -1.08. The number of nitrogen functional groups attached to an aromatic ring is 2. The van der Waals surface area contributed by atoms with Crippen molar-refractivity contribution >= 4 is 23.7 Å². The predicted molar refractivity (Wildman–Crippen MR) is 105 cm³/mol. The summed E-state index contributed by atoms with van der Waals surface area (Å²) in [6, 6.07) is 0. The molecule has 0 spiro atoms. The molecule has 1 aromatic heterocycles. The second-order valence-electron chi connectivity index (χ2n) is 6.46. The van der Waals surface area contributed by atoms with Crippen LogP contribution in [0.4, 0.5) is 11.9 Å². The molecule has 0 aliphatic carbocycles. The molecule has 0 unspecified atom stereocenters. The van der Waals surface area contributed by atoms with Crippen molar-refractivity contribution in [3.05, 3.63) is 5.82 Å². The first-order chi connectivity index (χ1) is 11.6. The van der Waals surface area contributed by atoms with Crippen LogP contribution in [-0.4, -0.2) is 52.0 Å². The maximum absolute atomic E-state index is 5.56. The average Bonchev–Trinajstić information content (AvgIpc) is 2.50. The summed E-state index contributed by atoms with van der Waals surface area (Å²) in [5.41, 5.74) is 11.1. The topological polar surface area (TPSA) is 94.0 Å². The lowest BCUT2D eigenvalue weighted by Crippen LogP contribution is -2.12. The molecule has 1 aromatic rings. The van der Waals surface area contributed by atoms with Gasteiger partial charge in [0.05, 0.1) is 0 Å². The zero-order valence-electron chi connectivity index (χ0n) is 15.3. The van der Waals surface area contributed by atoms with Crippen molar-refractivity contribution in [1.29, 1.82) is 0 Å². The zero-order chi connectivity index (χ0) is 17.6. The number of hydrogen-bond acceptors (Lipinski definition) is 7. The lowest BCUT2D eigenvalue weighted by Gasteiger charge is -2.08. The van der Waals surface area contributed by atoms with Crippen LogP contribution >= 0.6 is 11.8 Å². The van der Waals surface area contributed by atoms with Crippen LogP contribution < -0.4 is 11.5 Å². The fraction of sp³-hybridized carbons (Fsp3) is 0.824. The average molecular weight is 355 g/mol. The minimum absolute atomic E-state index is 0.212. The Bertz CT molecular complexity index is 421. The monoisotopic (exact) mass is 354 g/mol. The third kappa shape index (κ3) is 11.5. The summed E-state index contributed by atoms with van der Waals surface area (Å²) in [7, 11) is 4.29. The Labute approximate surface area is 151 Å². The second-order valence-corrected chi connectivity index (χ2v) is 7.69. The van der Waals surface area contributed by atoms with Gasteiger partial charge in [0.25, 0.3) is 0 Å². The smallest absolute Gasteiger partial charge is 0.225 e. The number of thioether (sulfide) groups is 1. The third-order valence-corrected chi connectivity index (χ3v) is 4.90. The highest BCUT2D eigenvalue weighted by atomic mass is 32.2. The van der Waals surface area contributed by atoms with Gasteiger partial charge in [-0.2, -0.15) is 26.7 Å². The van der Waals surface area contributed by atoms with Gasteiger partial charge in [-0.1, -0.05) is 38.5 Å². The number of unbranched alkanes of at least 4 members (excludes halogenated alkanes) is 7. The fourth-order valence-corrected chi connectivity index (χ4v) is 3.47. The predicted octanol–water partition coefficient (Wildman–Crippen LogP) is 2.99. The largest absolute Gasteiger partial charge is 0.368 e. The van der Waals surface area contributed by atoms with E-state index in [1.165, 1.54) is 63.7 Å². The number of rotatable bonds is 14. The molecule has 1 rings (SSSR count). The summed E-state index contributed by atoms with van der Waals surface area (Å²) >= 11 is 1.95. The van der Waals surface area contributed by atoms with Crippen LogP contribution in [0, 0.1) is 0 Å². The van der Waals surface area contributed by atoms with Crippen LogP contribution in [-0.2, 0) is 6.42 Å². The van der Waals surface area contributed by atoms with E-state index in [-0.39, 0.29) is 11.9 Å². The van der Waals surface area contributed by atoms with Gasteiger partial charge in [0, 0.05) is 12.2 Å². The molecule has 0 fully saturated rings. The minimum Gasteiger partial charge on any atom is -0.368 e. The SMILES string of the molecule is CN(C)CCCCCCCCCCSCCc1nc(N)nc(N)n1. The summed E-state index contributed by atoms with van der Waals surface area (Å²) in [5.74, 6) is 3.34. The van der Waals surface area contributed by atoms with Crippen LogP contribution in [0.5, 0.6) is 0 Å². The molecule has 7 heteroatoms. The summed E-state index contributed by atoms with van der Waals surface area (Å²) in [6.45, 7) is 1.22. The molecule has 138 valence electrons. The molecule has 0 aromatic carbocycles. The summed E-state index contributed by atoms with van der Waals surface area (Å²) in [4.78, 5) is 14.2. The number of anilines is 2. The van der Waals surface area contributed by atoms with Crippen LogP contribution in [0.25, 0.3) is 0 Å². The van der Waals surface area contributed by atoms with Crippen molar-refractivity contribution in [3.63, 3.8) is 0 Å². The number of hydrogen-bond donors (Lipinski definition) is 2. The van der Waals surface area contributed by atoms with E-state index in [0.29, 0.717) is 5.82 Å². The first-order valence-corrected chi connectivity index (χ1v) is 10.2. The van der Waals surface area contributed by atoms with E-state index in [1.807, 2.05) is 11.8 Å². The van der Waals surface area contributed by atoms with Gasteiger partial charge in [-0.05, 0) is 39.2 Å². The van der Waals surface area contributed by atoms with Gasteiger partial charge in [-0.15, -0.1) is 0 Å². The summed E-state index contributed by atoms with van der Waals surface area (Å²) < 4.78 is 0. The van der Waals surface area contributed by atoms with Crippen LogP contribution in [0.1, 0.15) is 57.2 Å². The normalized spacial score (nSPS) is 11.3. The second kappa shape index (κ2) is 13.2. The van der Waals surface area contributed by atoms with Crippen molar-refractivity contribution in [2.24, 2.45) is 0 Å². The summed E-state index contributed by atoms with van der Waals surface area (Å²) in [6.07, 6.45) is 11.7. The quantitative estimate of drug-likeness (QED) is 0.496. The molecule has 6 nitrogen and oxygen atoms in total. The molecule has 24 heavy (non-hydrogen) atoms. The maximum atomic E-state index is 5.56. The molecule has 4 N–H and O–H groups in total. The standard InChI is InChI=1S/C17H34N6S/c1-23(2)12-9-7-5-3-4-6-8-10-13-24-14-11-15-20-16(18)22-17(19)21-15/h3-14H2,1-2H3,(H4,18,19,20,21,22). The van der Waals surface area contributed by atoms with E-state index < -0.39 is 0 Å². The van der Waals surface area contributed by atoms with Crippen molar-refractivity contribution < 1.29 is 0 Å². The van der Waals surface area contributed by atoms with Crippen LogP contribution in [0.2, 0.25) is 0 Å². The highest BCUT2D eigenvalue weighted by molar-refractivity contribution is 7.99. The van der Waals surface area contributed by atoms with Gasteiger partial charge in [-0.25, -0.2) is 0 Å². The molecule has 0 aliphatic rings. The van der Waals surface area contributed by atoms with Crippen LogP contribution in [0.3, 0.4) is 0 Å². The van der Waals surface area contributed by atoms with E-state index in [4.69, 9.17) is 11.5 Å². The molecule has 0 radical (unpaired) electrons. The first-order valence-electron chi connectivity index (χ1n) is 9.06. The van der Waals surface area contributed by atoms with Gasteiger partial charge in [0.1, 0.15) is 5.82 Å². The maximum Gasteiger partial charge on any atom is 0.225 e. The van der Waals surface area contributed by atoms with E-state index in [0.717, 1.165) is 12.2 Å². The van der Waals surface area contributed by atoms with Crippen molar-refractivity contribution in [2.75, 3.05) is 43.6 Å². The molecule has 0 atom stereocenters. The van der Waals surface area contributed by atoms with Crippen LogP contribution in [0.15, 0.2) is 0 Å². The molecule has 0 saturated heterocycles. The Balaban J connectivity index is 1.85. The zero-order valence-corrected chi connectivity index (χ0v) is 16.2. The van der Waals surface area contributed by atoms with Gasteiger partial charge >= 0.3 is 0 Å². The molecular weight excluding hydrogens is 320 g/mol. The molecular formula is C17H34N6S. The molecule has 0 aliphatic heterocycles. The molecule has 0 bridgehead atoms. The van der Waals surface area contributed by atoms with Gasteiger partial charge < -0.3 is 16.4 Å². The van der Waals surface area contributed by atoms with Crippen molar-refractivity contribution in [3.8, 4) is 0 Å². The first kappa shape index (κ1) is 21.0. The van der Waals surface area contributed by atoms with Gasteiger partial charge in [0.15, 0.2) is 0 Å². The highest BCUT2D eigenvalue weighted by Gasteiger charge is 2.01. The number of aromatic nitrogens is 3. The van der Waals surface area contributed by atoms with E-state index in [9.17, 15) is 0 Å². The van der Waals surface area contributed by atoms with E-state index in [2.05, 4.69) is 33.9 Å². The van der Waals surface area contributed by atoms with Crippen molar-refractivity contribution in [2.45, 2.75) is 57.8 Å². The number of nitrogens with zero attached hydrogens (tertiary/aromatic N) is 4. The number of aryl methyl sites for hydroxylation is 1. The molecule has 0 amide bonds. The van der Waals surface area contributed by atoms with E-state index >= 15 is 0 Å². The lowest BCUT2D eigenvalue weighted by molar-refractivity contribution is 0.389.